The number of H-pyrrole nitrogens is 1. The molecule has 0 radical (unpaired) electrons. The Kier molecular flexibility index (Phi) is 2.91. The number of nitrogens with one attached hydrogen (secondary N) is 1. The van der Waals surface area contributed by atoms with Crippen molar-refractivity contribution in [3.63, 3.8) is 0 Å². The van der Waals surface area contributed by atoms with Gasteiger partial charge in [0.15, 0.2) is 4.77 Å². The molecule has 0 spiro atoms. The standard InChI is InChI=1S/C13H15N3OS/c1-17-11-4-2-3-9(7-11)8-12-14-15-13(18)16(12)10-5-6-10/h2-4,7,10H,5-6,8H2,1H3,(H,15,18). The quantitative estimate of drug-likeness (QED) is 0.861. The monoisotopic (exact) mass is 261 g/mol. The summed E-state index contributed by atoms with van der Waals surface area (Å²) in [5, 5.41) is 7.22. The van der Waals surface area contributed by atoms with Crippen molar-refractivity contribution in [2.75, 3.05) is 7.11 Å². The molecule has 1 aliphatic rings. The van der Waals surface area contributed by atoms with Gasteiger partial charge in [0.25, 0.3) is 0 Å². The fourth-order valence-electron chi connectivity index (χ4n) is 2.14. The molecule has 1 aromatic carbocycles. The molecule has 0 atom stereocenters. The van der Waals surface area contributed by atoms with Crippen molar-refractivity contribution in [2.45, 2.75) is 25.3 Å². The van der Waals surface area contributed by atoms with Crippen molar-refractivity contribution in [3.05, 3.63) is 40.4 Å². The second-order valence-electron chi connectivity index (χ2n) is 4.57. The van der Waals surface area contributed by atoms with Crippen LogP contribution in [-0.2, 0) is 6.42 Å². The molecule has 0 unspecified atom stereocenters. The molecule has 1 saturated carbocycles. The Bertz CT molecular complexity index is 613. The van der Waals surface area contributed by atoms with Gasteiger partial charge < -0.3 is 9.30 Å². The average molecular weight is 261 g/mol. The lowest BCUT2D eigenvalue weighted by Crippen LogP contribution is -2.02. The Morgan fingerprint density at radius 2 is 2.33 bits per heavy atom. The molecule has 2 aromatic rings. The van der Waals surface area contributed by atoms with Crippen LogP contribution in [-0.4, -0.2) is 21.9 Å². The summed E-state index contributed by atoms with van der Waals surface area (Å²) in [4.78, 5) is 0. The first-order valence-electron chi connectivity index (χ1n) is 6.06. The highest BCUT2D eigenvalue weighted by atomic mass is 32.1. The number of nitrogens with zero attached hydrogens (tertiary/aromatic N) is 2. The largest absolute Gasteiger partial charge is 0.497 e. The van der Waals surface area contributed by atoms with Crippen molar-refractivity contribution >= 4 is 12.2 Å². The van der Waals surface area contributed by atoms with Crippen LogP contribution in [0, 0.1) is 4.77 Å². The van der Waals surface area contributed by atoms with Gasteiger partial charge in [-0.3, -0.25) is 5.10 Å². The topological polar surface area (TPSA) is 42.8 Å². The van der Waals surface area contributed by atoms with E-state index in [0.29, 0.717) is 6.04 Å². The molecule has 0 bridgehead atoms. The fraction of sp³-hybridized carbons (Fsp3) is 0.385. The summed E-state index contributed by atoms with van der Waals surface area (Å²) in [5.74, 6) is 1.88. The Morgan fingerprint density at radius 1 is 1.50 bits per heavy atom. The van der Waals surface area contributed by atoms with Gasteiger partial charge in [-0.2, -0.15) is 5.10 Å². The van der Waals surface area contributed by atoms with E-state index in [-0.39, 0.29) is 0 Å². The Balaban J connectivity index is 1.89. The first-order chi connectivity index (χ1) is 8.78. The van der Waals surface area contributed by atoms with Crippen molar-refractivity contribution < 1.29 is 4.74 Å². The van der Waals surface area contributed by atoms with Gasteiger partial charge in [0.1, 0.15) is 11.6 Å². The highest BCUT2D eigenvalue weighted by molar-refractivity contribution is 7.71. The molecule has 1 N–H and O–H groups in total. The lowest BCUT2D eigenvalue weighted by Gasteiger charge is -2.06. The summed E-state index contributed by atoms with van der Waals surface area (Å²) in [7, 11) is 1.68. The van der Waals surface area contributed by atoms with Crippen LogP contribution in [0.3, 0.4) is 0 Å². The van der Waals surface area contributed by atoms with Crippen molar-refractivity contribution in [2.24, 2.45) is 0 Å². The fourth-order valence-corrected chi connectivity index (χ4v) is 2.44. The second-order valence-corrected chi connectivity index (χ2v) is 4.96. The number of rotatable bonds is 4. The minimum Gasteiger partial charge on any atom is -0.497 e. The van der Waals surface area contributed by atoms with Crippen LogP contribution in [0.2, 0.25) is 0 Å². The van der Waals surface area contributed by atoms with E-state index in [0.717, 1.165) is 22.8 Å². The molecular weight excluding hydrogens is 246 g/mol. The van der Waals surface area contributed by atoms with E-state index in [1.807, 2.05) is 18.2 Å². The molecule has 5 heteroatoms. The van der Waals surface area contributed by atoms with E-state index in [1.54, 1.807) is 7.11 Å². The maximum absolute atomic E-state index is 5.27. The molecule has 0 saturated heterocycles. The average Bonchev–Trinajstić information content (AvgIpc) is 3.15. The SMILES string of the molecule is COc1cccc(Cc2n[nH]c(=S)n2C2CC2)c1. The molecule has 18 heavy (non-hydrogen) atoms. The molecule has 94 valence electrons. The third kappa shape index (κ3) is 2.18. The third-order valence-electron chi connectivity index (χ3n) is 3.19. The number of aromatic nitrogens is 3. The molecule has 1 aliphatic carbocycles. The Morgan fingerprint density at radius 3 is 3.06 bits per heavy atom. The summed E-state index contributed by atoms with van der Waals surface area (Å²) in [5.41, 5.74) is 1.19. The number of hydrogen-bond acceptors (Lipinski definition) is 3. The van der Waals surface area contributed by atoms with Gasteiger partial charge in [0.2, 0.25) is 0 Å². The summed E-state index contributed by atoms with van der Waals surface area (Å²) in [6.07, 6.45) is 3.19. The van der Waals surface area contributed by atoms with Crippen molar-refractivity contribution in [1.82, 2.24) is 14.8 Å². The van der Waals surface area contributed by atoms with Crippen molar-refractivity contribution in [1.29, 1.82) is 0 Å². The number of methoxy groups -OCH3 is 1. The number of benzene rings is 1. The van der Waals surface area contributed by atoms with Gasteiger partial charge >= 0.3 is 0 Å². The van der Waals surface area contributed by atoms with E-state index >= 15 is 0 Å². The zero-order valence-corrected chi connectivity index (χ0v) is 11.0. The third-order valence-corrected chi connectivity index (χ3v) is 3.47. The predicted molar refractivity (Wildman–Crippen MR) is 71.5 cm³/mol. The molecule has 1 fully saturated rings. The molecule has 0 amide bonds. The summed E-state index contributed by atoms with van der Waals surface area (Å²) in [6, 6.07) is 8.61. The summed E-state index contributed by atoms with van der Waals surface area (Å²) < 4.78 is 8.11. The van der Waals surface area contributed by atoms with Gasteiger partial charge in [-0.1, -0.05) is 12.1 Å². The van der Waals surface area contributed by atoms with Crippen LogP contribution in [0.1, 0.15) is 30.3 Å². The van der Waals surface area contributed by atoms with Crippen molar-refractivity contribution in [3.8, 4) is 5.75 Å². The van der Waals surface area contributed by atoms with Gasteiger partial charge in [0.05, 0.1) is 7.11 Å². The van der Waals surface area contributed by atoms with Crippen LogP contribution in [0.15, 0.2) is 24.3 Å². The molecule has 1 heterocycles. The Labute approximate surface area is 111 Å². The van der Waals surface area contributed by atoms with Gasteiger partial charge in [0, 0.05) is 12.5 Å². The maximum atomic E-state index is 5.27. The van der Waals surface area contributed by atoms with E-state index in [9.17, 15) is 0 Å². The molecule has 0 aliphatic heterocycles. The zero-order chi connectivity index (χ0) is 12.5. The normalized spacial score (nSPS) is 14.7. The Hall–Kier alpha value is -1.62. The highest BCUT2D eigenvalue weighted by Crippen LogP contribution is 2.36. The summed E-state index contributed by atoms with van der Waals surface area (Å²) in [6.45, 7) is 0. The maximum Gasteiger partial charge on any atom is 0.195 e. The number of aromatic amines is 1. The number of hydrogen-bond donors (Lipinski definition) is 1. The van der Waals surface area contributed by atoms with Crippen LogP contribution in [0.5, 0.6) is 5.75 Å². The summed E-state index contributed by atoms with van der Waals surface area (Å²) >= 11 is 5.27. The smallest absolute Gasteiger partial charge is 0.195 e. The zero-order valence-electron chi connectivity index (χ0n) is 10.2. The second kappa shape index (κ2) is 4.57. The molecular formula is C13H15N3OS. The van der Waals surface area contributed by atoms with Crippen LogP contribution in [0.4, 0.5) is 0 Å². The minimum atomic E-state index is 0.553. The molecule has 1 aromatic heterocycles. The van der Waals surface area contributed by atoms with Gasteiger partial charge in [-0.15, -0.1) is 0 Å². The van der Waals surface area contributed by atoms with E-state index in [4.69, 9.17) is 17.0 Å². The van der Waals surface area contributed by atoms with E-state index in [2.05, 4.69) is 20.8 Å². The minimum absolute atomic E-state index is 0.553. The van der Waals surface area contributed by atoms with Gasteiger partial charge in [-0.25, -0.2) is 0 Å². The van der Waals surface area contributed by atoms with E-state index in [1.165, 1.54) is 18.4 Å². The van der Waals surface area contributed by atoms with Gasteiger partial charge in [-0.05, 0) is 42.8 Å². The molecule has 3 rings (SSSR count). The van der Waals surface area contributed by atoms with E-state index < -0.39 is 0 Å². The van der Waals surface area contributed by atoms with Crippen LogP contribution >= 0.6 is 12.2 Å². The first kappa shape index (κ1) is 11.5. The number of ether oxygens (including phenoxy) is 1. The highest BCUT2D eigenvalue weighted by Gasteiger charge is 2.27. The lowest BCUT2D eigenvalue weighted by atomic mass is 10.1. The lowest BCUT2D eigenvalue weighted by molar-refractivity contribution is 0.414. The molecule has 4 nitrogen and oxygen atoms in total. The first-order valence-corrected chi connectivity index (χ1v) is 6.47. The van der Waals surface area contributed by atoms with Crippen LogP contribution in [0.25, 0.3) is 0 Å². The van der Waals surface area contributed by atoms with Crippen LogP contribution < -0.4 is 4.74 Å². The predicted octanol–water partition coefficient (Wildman–Crippen LogP) is 2.87.